The highest BCUT2D eigenvalue weighted by molar-refractivity contribution is 6.04. The van der Waals surface area contributed by atoms with Gasteiger partial charge in [-0.1, -0.05) is 20.3 Å². The first kappa shape index (κ1) is 21.9. The molecule has 33 heavy (non-hydrogen) atoms. The molecule has 2 saturated carbocycles. The highest BCUT2D eigenvalue weighted by atomic mass is 16.2. The molecule has 9 heteroatoms. The monoisotopic (exact) mass is 452 g/mol. The highest BCUT2D eigenvalue weighted by Crippen LogP contribution is 2.48. The van der Waals surface area contributed by atoms with E-state index in [4.69, 9.17) is 5.73 Å². The Morgan fingerprint density at radius 2 is 2.06 bits per heavy atom. The van der Waals surface area contributed by atoms with Crippen molar-refractivity contribution in [1.82, 2.24) is 25.0 Å². The molecule has 4 atom stereocenters. The van der Waals surface area contributed by atoms with Crippen molar-refractivity contribution in [2.45, 2.75) is 84.0 Å². The molecular formula is C24H32N6O3. The number of hydrogen-bond donors (Lipinski definition) is 2. The molecule has 0 radical (unpaired) electrons. The van der Waals surface area contributed by atoms with E-state index in [9.17, 15) is 14.4 Å². The summed E-state index contributed by atoms with van der Waals surface area (Å²) < 4.78 is 1.51. The smallest absolute Gasteiger partial charge is 0.269 e. The Morgan fingerprint density at radius 1 is 1.27 bits per heavy atom. The van der Waals surface area contributed by atoms with Crippen LogP contribution in [0.4, 0.5) is 0 Å². The lowest BCUT2D eigenvalue weighted by Gasteiger charge is -2.37. The Kier molecular flexibility index (Phi) is 5.17. The molecule has 176 valence electrons. The van der Waals surface area contributed by atoms with E-state index in [-0.39, 0.29) is 41.6 Å². The molecule has 2 aliphatic carbocycles. The molecule has 2 aromatic heterocycles. The van der Waals surface area contributed by atoms with Crippen LogP contribution >= 0.6 is 0 Å². The summed E-state index contributed by atoms with van der Waals surface area (Å²) in [6.07, 6.45) is 7.50. The van der Waals surface area contributed by atoms with E-state index in [0.29, 0.717) is 28.9 Å². The van der Waals surface area contributed by atoms with Crippen LogP contribution < -0.4 is 11.1 Å². The minimum atomic E-state index is -0.645. The van der Waals surface area contributed by atoms with Crippen LogP contribution in [0.1, 0.15) is 68.6 Å². The van der Waals surface area contributed by atoms with Gasteiger partial charge in [0.05, 0.1) is 11.2 Å². The third kappa shape index (κ3) is 3.98. The lowest BCUT2D eigenvalue weighted by molar-refractivity contribution is -0.140. The maximum atomic E-state index is 13.4. The fourth-order valence-corrected chi connectivity index (χ4v) is 5.97. The van der Waals surface area contributed by atoms with Crippen molar-refractivity contribution >= 4 is 28.6 Å². The zero-order valence-corrected chi connectivity index (χ0v) is 19.5. The van der Waals surface area contributed by atoms with E-state index >= 15 is 0 Å². The third-order valence-corrected chi connectivity index (χ3v) is 7.61. The van der Waals surface area contributed by atoms with E-state index in [2.05, 4.69) is 29.2 Å². The lowest BCUT2D eigenvalue weighted by atomic mass is 9.75. The van der Waals surface area contributed by atoms with Crippen LogP contribution in [0, 0.1) is 18.3 Å². The fraction of sp³-hybridized carbons (Fsp3) is 0.625. The van der Waals surface area contributed by atoms with Crippen LogP contribution in [0.15, 0.2) is 12.3 Å². The van der Waals surface area contributed by atoms with Crippen LogP contribution in [-0.4, -0.2) is 55.5 Å². The summed E-state index contributed by atoms with van der Waals surface area (Å²) in [7, 11) is 0. The molecule has 3 amide bonds. The number of nitrogens with two attached hydrogens (primary N) is 1. The minimum absolute atomic E-state index is 0.0424. The second-order valence-electron chi connectivity index (χ2n) is 10.7. The van der Waals surface area contributed by atoms with Crippen molar-refractivity contribution in [2.24, 2.45) is 17.1 Å². The minimum Gasteiger partial charge on any atom is -0.364 e. The standard InChI is InChI=1S/C24H32N6O3/c1-13-21-16(6-8-26-13)20(22(25)32)28-29(21)12-19(31)30-17-9-14(17)10-18(30)23(33)27-15-5-4-7-24(2,3)11-15/h6,8,14-15,17-18H,4-5,7,9-12H2,1-3H3,(H2,25,32)(H,27,33)/t14-,15?,17-,18+/m1/s1. The predicted octanol–water partition coefficient (Wildman–Crippen LogP) is 1.91. The van der Waals surface area contributed by atoms with Gasteiger partial charge in [-0.25, -0.2) is 0 Å². The Hall–Kier alpha value is -2.97. The number of hydrogen-bond acceptors (Lipinski definition) is 5. The Balaban J connectivity index is 1.35. The number of pyridine rings is 1. The van der Waals surface area contributed by atoms with Crippen molar-refractivity contribution in [3.63, 3.8) is 0 Å². The predicted molar refractivity (Wildman–Crippen MR) is 122 cm³/mol. The number of carbonyl (C=O) groups is 3. The molecule has 2 aromatic rings. The first-order chi connectivity index (χ1) is 15.6. The molecule has 3 fully saturated rings. The number of piperidine rings is 1. The fourth-order valence-electron chi connectivity index (χ4n) is 5.97. The lowest BCUT2D eigenvalue weighted by Crippen LogP contribution is -2.52. The average molecular weight is 453 g/mol. The summed E-state index contributed by atoms with van der Waals surface area (Å²) in [5.74, 6) is -0.452. The number of aryl methyl sites for hydroxylation is 1. The molecule has 1 unspecified atom stereocenters. The summed E-state index contributed by atoms with van der Waals surface area (Å²) in [6, 6.07) is 1.53. The van der Waals surface area contributed by atoms with Crippen LogP contribution in [0.25, 0.3) is 10.9 Å². The average Bonchev–Trinajstić information content (AvgIpc) is 3.22. The number of nitrogens with zero attached hydrogens (tertiary/aromatic N) is 4. The number of carbonyl (C=O) groups excluding carboxylic acids is 3. The van der Waals surface area contributed by atoms with Crippen LogP contribution in [0.5, 0.6) is 0 Å². The van der Waals surface area contributed by atoms with Gasteiger partial charge in [0.1, 0.15) is 12.6 Å². The van der Waals surface area contributed by atoms with Gasteiger partial charge in [-0.05, 0) is 56.4 Å². The third-order valence-electron chi connectivity index (χ3n) is 7.61. The van der Waals surface area contributed by atoms with Gasteiger partial charge in [0, 0.05) is 23.7 Å². The van der Waals surface area contributed by atoms with Crippen molar-refractivity contribution in [3.8, 4) is 0 Å². The van der Waals surface area contributed by atoms with Crippen LogP contribution in [-0.2, 0) is 16.1 Å². The first-order valence-corrected chi connectivity index (χ1v) is 11.9. The van der Waals surface area contributed by atoms with Crippen molar-refractivity contribution < 1.29 is 14.4 Å². The zero-order valence-electron chi connectivity index (χ0n) is 19.5. The normalized spacial score (nSPS) is 27.9. The Bertz CT molecular complexity index is 1140. The van der Waals surface area contributed by atoms with Gasteiger partial charge in [0.2, 0.25) is 11.8 Å². The van der Waals surface area contributed by atoms with Gasteiger partial charge in [-0.15, -0.1) is 0 Å². The summed E-state index contributed by atoms with van der Waals surface area (Å²) in [5.41, 5.74) is 7.16. The van der Waals surface area contributed by atoms with Gasteiger partial charge in [0.15, 0.2) is 5.69 Å². The Labute approximate surface area is 193 Å². The van der Waals surface area contributed by atoms with E-state index in [1.54, 1.807) is 17.2 Å². The number of primary amides is 1. The van der Waals surface area contributed by atoms with E-state index < -0.39 is 11.9 Å². The molecule has 5 rings (SSSR count). The summed E-state index contributed by atoms with van der Waals surface area (Å²) in [4.78, 5) is 44.6. The molecule has 9 nitrogen and oxygen atoms in total. The van der Waals surface area contributed by atoms with Gasteiger partial charge in [-0.2, -0.15) is 5.10 Å². The number of amides is 3. The van der Waals surface area contributed by atoms with Gasteiger partial charge in [0.25, 0.3) is 5.91 Å². The van der Waals surface area contributed by atoms with Gasteiger partial charge < -0.3 is 16.0 Å². The van der Waals surface area contributed by atoms with Crippen molar-refractivity contribution in [1.29, 1.82) is 0 Å². The van der Waals surface area contributed by atoms with E-state index in [1.165, 1.54) is 11.1 Å². The highest BCUT2D eigenvalue weighted by Gasteiger charge is 2.56. The number of aromatic nitrogens is 3. The van der Waals surface area contributed by atoms with E-state index in [1.807, 2.05) is 6.92 Å². The van der Waals surface area contributed by atoms with E-state index in [0.717, 1.165) is 25.7 Å². The summed E-state index contributed by atoms with van der Waals surface area (Å²) >= 11 is 0. The van der Waals surface area contributed by atoms with Gasteiger partial charge in [-0.3, -0.25) is 24.0 Å². The van der Waals surface area contributed by atoms with Crippen LogP contribution in [0.3, 0.4) is 0 Å². The molecule has 3 N–H and O–H groups in total. The second-order valence-corrected chi connectivity index (χ2v) is 10.7. The molecule has 1 saturated heterocycles. The molecule has 0 bridgehead atoms. The molecule has 0 spiro atoms. The maximum Gasteiger partial charge on any atom is 0.269 e. The molecule has 3 aliphatic rings. The number of rotatable bonds is 5. The second kappa shape index (κ2) is 7.81. The van der Waals surface area contributed by atoms with Crippen LogP contribution in [0.2, 0.25) is 0 Å². The van der Waals surface area contributed by atoms with Crippen molar-refractivity contribution in [2.75, 3.05) is 0 Å². The topological polar surface area (TPSA) is 123 Å². The largest absolute Gasteiger partial charge is 0.364 e. The quantitative estimate of drug-likeness (QED) is 0.717. The number of fused-ring (bicyclic) bond motifs is 2. The molecule has 1 aliphatic heterocycles. The molecular weight excluding hydrogens is 420 g/mol. The Morgan fingerprint density at radius 3 is 2.79 bits per heavy atom. The number of likely N-dealkylation sites (tertiary alicyclic amines) is 1. The SMILES string of the molecule is Cc1nccc2c(C(N)=O)nn(CC(=O)N3[C@@H]4C[C@@H]4C[C@H]3C(=O)NC3CCCC(C)(C)C3)c12. The number of nitrogens with one attached hydrogen (secondary N) is 1. The summed E-state index contributed by atoms with van der Waals surface area (Å²) in [6.45, 7) is 6.25. The first-order valence-electron chi connectivity index (χ1n) is 11.9. The molecule has 0 aromatic carbocycles. The van der Waals surface area contributed by atoms with Crippen molar-refractivity contribution in [3.05, 3.63) is 23.7 Å². The maximum absolute atomic E-state index is 13.4. The van der Waals surface area contributed by atoms with Gasteiger partial charge >= 0.3 is 0 Å². The summed E-state index contributed by atoms with van der Waals surface area (Å²) in [5, 5.41) is 8.16. The zero-order chi connectivity index (χ0) is 23.5. The molecule has 3 heterocycles.